The van der Waals surface area contributed by atoms with Crippen molar-refractivity contribution in [2.45, 2.75) is 83.2 Å². The number of ketones is 1. The number of nitrogens with zero attached hydrogens (tertiary/aromatic N) is 2. The molecule has 3 aliphatic rings. The van der Waals surface area contributed by atoms with Crippen molar-refractivity contribution in [3.8, 4) is 0 Å². The second-order valence-corrected chi connectivity index (χ2v) is 8.67. The Morgan fingerprint density at radius 3 is 2.22 bits per heavy atom. The minimum absolute atomic E-state index is 0.160. The molecular weight excluding hydrogens is 336 g/mol. The van der Waals surface area contributed by atoms with Crippen molar-refractivity contribution in [1.82, 2.24) is 4.90 Å². The highest BCUT2D eigenvalue weighted by molar-refractivity contribution is 6.43. The minimum Gasteiger partial charge on any atom is -0.302 e. The zero-order valence-electron chi connectivity index (χ0n) is 16.6. The van der Waals surface area contributed by atoms with Gasteiger partial charge in [0.05, 0.1) is 0 Å². The van der Waals surface area contributed by atoms with Crippen LogP contribution in [0.1, 0.15) is 68.9 Å². The number of likely N-dealkylation sites (tertiary alicyclic amines) is 1. The lowest BCUT2D eigenvalue weighted by atomic mass is 9.91. The van der Waals surface area contributed by atoms with Crippen molar-refractivity contribution in [3.05, 3.63) is 29.3 Å². The van der Waals surface area contributed by atoms with Gasteiger partial charge in [-0.05, 0) is 44.2 Å². The van der Waals surface area contributed by atoms with Gasteiger partial charge in [-0.3, -0.25) is 9.59 Å². The van der Waals surface area contributed by atoms with Crippen LogP contribution < -0.4 is 4.90 Å². The first-order valence-corrected chi connectivity index (χ1v) is 10.8. The van der Waals surface area contributed by atoms with E-state index in [4.69, 9.17) is 0 Å². The lowest BCUT2D eigenvalue weighted by Crippen LogP contribution is -2.53. The lowest BCUT2D eigenvalue weighted by molar-refractivity contribution is -0.136. The number of anilines is 1. The van der Waals surface area contributed by atoms with E-state index in [-0.39, 0.29) is 24.2 Å². The Bertz CT molecular complexity index is 698. The Morgan fingerprint density at radius 2 is 1.52 bits per heavy atom. The SMILES string of the molecule is Cc1ccc2c(c1)CC(=O)C(=O)N2C1CCN(C2CCCCCCC2)CC1. The normalized spacial score (nSPS) is 23.8. The van der Waals surface area contributed by atoms with E-state index in [1.54, 1.807) is 0 Å². The van der Waals surface area contributed by atoms with Crippen LogP contribution in [-0.2, 0) is 16.0 Å². The van der Waals surface area contributed by atoms with Crippen molar-refractivity contribution >= 4 is 17.4 Å². The first-order chi connectivity index (χ1) is 13.1. The summed E-state index contributed by atoms with van der Waals surface area (Å²) in [6, 6.07) is 7.04. The number of benzene rings is 1. The molecule has 2 aliphatic heterocycles. The quantitative estimate of drug-likeness (QED) is 0.740. The van der Waals surface area contributed by atoms with Gasteiger partial charge >= 0.3 is 0 Å². The van der Waals surface area contributed by atoms with Crippen molar-refractivity contribution in [2.75, 3.05) is 18.0 Å². The summed E-state index contributed by atoms with van der Waals surface area (Å²) in [5.74, 6) is -0.550. The zero-order chi connectivity index (χ0) is 18.8. The molecule has 1 amide bonds. The summed E-state index contributed by atoms with van der Waals surface area (Å²) in [5.41, 5.74) is 3.13. The van der Waals surface area contributed by atoms with Crippen LogP contribution in [0.25, 0.3) is 0 Å². The summed E-state index contributed by atoms with van der Waals surface area (Å²) in [6.45, 7) is 4.14. The summed E-state index contributed by atoms with van der Waals surface area (Å²) in [7, 11) is 0. The third-order valence-corrected chi connectivity index (χ3v) is 6.76. The molecule has 1 aliphatic carbocycles. The molecule has 27 heavy (non-hydrogen) atoms. The van der Waals surface area contributed by atoms with Crippen LogP contribution in [0.15, 0.2) is 18.2 Å². The van der Waals surface area contributed by atoms with Gasteiger partial charge in [0.15, 0.2) is 0 Å². The number of fused-ring (bicyclic) bond motifs is 1. The fourth-order valence-electron chi connectivity index (χ4n) is 5.25. The van der Waals surface area contributed by atoms with E-state index < -0.39 is 0 Å². The third kappa shape index (κ3) is 3.96. The number of rotatable bonds is 2. The van der Waals surface area contributed by atoms with Gasteiger partial charge in [-0.25, -0.2) is 0 Å². The molecular formula is C23H32N2O2. The van der Waals surface area contributed by atoms with Crippen LogP contribution in [0.4, 0.5) is 5.69 Å². The second-order valence-electron chi connectivity index (χ2n) is 8.67. The molecule has 0 radical (unpaired) electrons. The highest BCUT2D eigenvalue weighted by Crippen LogP contribution is 2.33. The fraction of sp³-hybridized carbons (Fsp3) is 0.652. The Balaban J connectivity index is 1.46. The Labute approximate surface area is 162 Å². The van der Waals surface area contributed by atoms with E-state index >= 15 is 0 Å². The van der Waals surface area contributed by atoms with Gasteiger partial charge in [-0.15, -0.1) is 0 Å². The molecule has 1 aromatic rings. The summed E-state index contributed by atoms with van der Waals surface area (Å²) in [5, 5.41) is 0. The zero-order valence-corrected chi connectivity index (χ0v) is 16.6. The number of Topliss-reactive ketones (excluding diaryl/α,β-unsaturated/α-hetero) is 1. The van der Waals surface area contributed by atoms with Crippen molar-refractivity contribution in [2.24, 2.45) is 0 Å². The maximum Gasteiger partial charge on any atom is 0.294 e. The molecule has 2 fully saturated rings. The van der Waals surface area contributed by atoms with E-state index in [2.05, 4.69) is 17.0 Å². The van der Waals surface area contributed by atoms with E-state index in [1.165, 1.54) is 44.9 Å². The van der Waals surface area contributed by atoms with Crippen LogP contribution in [0, 0.1) is 6.92 Å². The average Bonchev–Trinajstić information content (AvgIpc) is 2.63. The maximum atomic E-state index is 12.7. The van der Waals surface area contributed by atoms with Gasteiger partial charge in [0.2, 0.25) is 5.78 Å². The number of carbonyl (C=O) groups is 2. The molecule has 1 saturated carbocycles. The fourth-order valence-corrected chi connectivity index (χ4v) is 5.25. The van der Waals surface area contributed by atoms with E-state index in [0.717, 1.165) is 48.8 Å². The van der Waals surface area contributed by atoms with Gasteiger partial charge in [0.25, 0.3) is 5.91 Å². The summed E-state index contributed by atoms with van der Waals surface area (Å²) >= 11 is 0. The molecule has 4 rings (SSSR count). The monoisotopic (exact) mass is 368 g/mol. The third-order valence-electron chi connectivity index (χ3n) is 6.76. The van der Waals surface area contributed by atoms with Gasteiger partial charge in [0.1, 0.15) is 0 Å². The summed E-state index contributed by atoms with van der Waals surface area (Å²) in [6.07, 6.45) is 11.7. The molecule has 0 unspecified atom stereocenters. The molecule has 4 heteroatoms. The highest BCUT2D eigenvalue weighted by atomic mass is 16.2. The van der Waals surface area contributed by atoms with Gasteiger partial charge in [0, 0.05) is 37.3 Å². The topological polar surface area (TPSA) is 40.6 Å². The van der Waals surface area contributed by atoms with Crippen LogP contribution in [0.2, 0.25) is 0 Å². The number of hydrogen-bond acceptors (Lipinski definition) is 3. The number of carbonyl (C=O) groups excluding carboxylic acids is 2. The smallest absolute Gasteiger partial charge is 0.294 e. The number of hydrogen-bond donors (Lipinski definition) is 0. The standard InChI is InChI=1S/C23H32N2O2/c1-17-9-10-21-18(15-17)16-22(26)23(27)25(21)20-11-13-24(14-12-20)19-7-5-3-2-4-6-8-19/h9-10,15,19-20H,2-8,11-14,16H2,1H3. The van der Waals surface area contributed by atoms with Crippen LogP contribution in [0.5, 0.6) is 0 Å². The number of amides is 1. The minimum atomic E-state index is -0.296. The molecule has 1 aromatic carbocycles. The number of piperidine rings is 1. The van der Waals surface area contributed by atoms with Crippen molar-refractivity contribution in [3.63, 3.8) is 0 Å². The van der Waals surface area contributed by atoms with E-state index in [0.29, 0.717) is 0 Å². The number of aryl methyl sites for hydroxylation is 1. The first kappa shape index (κ1) is 18.7. The largest absolute Gasteiger partial charge is 0.302 e. The molecule has 0 bridgehead atoms. The predicted molar refractivity (Wildman–Crippen MR) is 108 cm³/mol. The molecule has 0 N–H and O–H groups in total. The second kappa shape index (κ2) is 8.14. The predicted octanol–water partition coefficient (Wildman–Crippen LogP) is 4.03. The summed E-state index contributed by atoms with van der Waals surface area (Å²) in [4.78, 5) is 29.5. The molecule has 0 spiro atoms. The van der Waals surface area contributed by atoms with Crippen molar-refractivity contribution in [1.29, 1.82) is 0 Å². The Hall–Kier alpha value is -1.68. The van der Waals surface area contributed by atoms with Crippen LogP contribution >= 0.6 is 0 Å². The lowest BCUT2D eigenvalue weighted by Gasteiger charge is -2.43. The Morgan fingerprint density at radius 1 is 0.852 bits per heavy atom. The molecule has 0 aromatic heterocycles. The van der Waals surface area contributed by atoms with E-state index in [1.807, 2.05) is 17.9 Å². The van der Waals surface area contributed by atoms with Crippen LogP contribution in [0.3, 0.4) is 0 Å². The molecule has 0 atom stereocenters. The van der Waals surface area contributed by atoms with E-state index in [9.17, 15) is 9.59 Å². The van der Waals surface area contributed by atoms with Gasteiger partial charge in [-0.2, -0.15) is 0 Å². The molecule has 4 nitrogen and oxygen atoms in total. The van der Waals surface area contributed by atoms with Gasteiger partial charge in [-0.1, -0.05) is 49.8 Å². The summed E-state index contributed by atoms with van der Waals surface area (Å²) < 4.78 is 0. The van der Waals surface area contributed by atoms with Crippen molar-refractivity contribution < 1.29 is 9.59 Å². The average molecular weight is 369 g/mol. The Kier molecular flexibility index (Phi) is 5.63. The molecule has 2 heterocycles. The molecule has 146 valence electrons. The van der Waals surface area contributed by atoms with Crippen LogP contribution in [-0.4, -0.2) is 41.8 Å². The molecule has 1 saturated heterocycles. The van der Waals surface area contributed by atoms with Gasteiger partial charge < -0.3 is 9.80 Å². The maximum absolute atomic E-state index is 12.7. The highest BCUT2D eigenvalue weighted by Gasteiger charge is 2.37. The first-order valence-electron chi connectivity index (χ1n) is 10.8.